The molecule has 2 aromatic carbocycles. The Labute approximate surface area is 152 Å². The Bertz CT molecular complexity index is 818. The number of carbonyl (C=O) groups is 1. The molecule has 1 aliphatic heterocycles. The lowest BCUT2D eigenvalue weighted by Crippen LogP contribution is -2.36. The lowest BCUT2D eigenvalue weighted by molar-refractivity contribution is -0.163. The summed E-state index contributed by atoms with van der Waals surface area (Å²) < 4.78 is 16.1. The highest BCUT2D eigenvalue weighted by Gasteiger charge is 2.39. The summed E-state index contributed by atoms with van der Waals surface area (Å²) >= 11 is 0. The number of hydrogen-bond donors (Lipinski definition) is 1. The number of benzene rings is 2. The largest absolute Gasteiger partial charge is 0.493 e. The molecule has 0 bridgehead atoms. The first-order chi connectivity index (χ1) is 12.6. The van der Waals surface area contributed by atoms with Gasteiger partial charge in [0.1, 0.15) is 6.61 Å². The summed E-state index contributed by atoms with van der Waals surface area (Å²) in [5.41, 5.74) is 4.13. The van der Waals surface area contributed by atoms with E-state index < -0.39 is 11.6 Å². The first-order valence-electron chi connectivity index (χ1n) is 8.16. The Balaban J connectivity index is 1.83. The van der Waals surface area contributed by atoms with Crippen LogP contribution < -0.4 is 15.0 Å². The van der Waals surface area contributed by atoms with E-state index in [0.717, 1.165) is 11.1 Å². The number of esters is 1. The first-order valence-corrected chi connectivity index (χ1v) is 8.16. The molecule has 1 atom stereocenters. The Morgan fingerprint density at radius 1 is 1.12 bits per heavy atom. The van der Waals surface area contributed by atoms with Crippen LogP contribution in [0.5, 0.6) is 11.5 Å². The molecule has 6 heteroatoms. The highest BCUT2D eigenvalue weighted by molar-refractivity contribution is 5.86. The van der Waals surface area contributed by atoms with Crippen molar-refractivity contribution in [1.82, 2.24) is 5.48 Å². The van der Waals surface area contributed by atoms with Crippen molar-refractivity contribution in [1.29, 1.82) is 0 Å². The van der Waals surface area contributed by atoms with Crippen LogP contribution in [0.15, 0.2) is 54.6 Å². The second kappa shape index (κ2) is 7.49. The Morgan fingerprint density at radius 3 is 2.58 bits per heavy atom. The molecule has 0 saturated carbocycles. The van der Waals surface area contributed by atoms with Gasteiger partial charge in [-0.1, -0.05) is 30.3 Å². The van der Waals surface area contributed by atoms with Crippen LogP contribution in [-0.2, 0) is 21.0 Å². The van der Waals surface area contributed by atoms with E-state index in [0.29, 0.717) is 23.8 Å². The van der Waals surface area contributed by atoms with Gasteiger partial charge in [-0.3, -0.25) is 10.3 Å². The van der Waals surface area contributed by atoms with Gasteiger partial charge < -0.3 is 14.2 Å². The molecule has 0 saturated heterocycles. The summed E-state index contributed by atoms with van der Waals surface area (Å²) in [6.07, 6.45) is 1.68. The number of ether oxygens (including phenoxy) is 3. The average molecular weight is 355 g/mol. The fourth-order valence-electron chi connectivity index (χ4n) is 2.63. The number of nitrogens with one attached hydrogen (secondary N) is 1. The maximum atomic E-state index is 11.9. The normalized spacial score (nSPS) is 18.7. The minimum absolute atomic E-state index is 0.420. The maximum absolute atomic E-state index is 11.9. The van der Waals surface area contributed by atoms with Gasteiger partial charge >= 0.3 is 5.97 Å². The predicted molar refractivity (Wildman–Crippen MR) is 96.4 cm³/mol. The van der Waals surface area contributed by atoms with Gasteiger partial charge in [-0.15, -0.1) is 0 Å². The van der Waals surface area contributed by atoms with Crippen molar-refractivity contribution in [3.63, 3.8) is 0 Å². The summed E-state index contributed by atoms with van der Waals surface area (Å²) in [6.45, 7) is 2.05. The van der Waals surface area contributed by atoms with E-state index in [1.807, 2.05) is 48.5 Å². The van der Waals surface area contributed by atoms with Gasteiger partial charge in [0.05, 0.1) is 19.9 Å². The van der Waals surface area contributed by atoms with Crippen LogP contribution in [0.2, 0.25) is 0 Å². The van der Waals surface area contributed by atoms with E-state index >= 15 is 0 Å². The van der Waals surface area contributed by atoms with Crippen molar-refractivity contribution in [3.05, 3.63) is 65.7 Å². The topological polar surface area (TPSA) is 66.0 Å². The number of hydroxylamine groups is 1. The van der Waals surface area contributed by atoms with Crippen LogP contribution >= 0.6 is 0 Å². The van der Waals surface area contributed by atoms with Crippen LogP contribution in [-0.4, -0.2) is 25.8 Å². The first kappa shape index (κ1) is 17.8. The molecule has 0 radical (unpaired) electrons. The van der Waals surface area contributed by atoms with Crippen LogP contribution in [0.1, 0.15) is 18.1 Å². The molecule has 26 heavy (non-hydrogen) atoms. The average Bonchev–Trinajstić information content (AvgIpc) is 3.09. The Morgan fingerprint density at radius 2 is 1.88 bits per heavy atom. The summed E-state index contributed by atoms with van der Waals surface area (Å²) in [5, 5.41) is 0. The van der Waals surface area contributed by atoms with Gasteiger partial charge in [-0.05, 0) is 36.8 Å². The van der Waals surface area contributed by atoms with Crippen molar-refractivity contribution < 1.29 is 23.8 Å². The molecule has 0 fully saturated rings. The third kappa shape index (κ3) is 3.65. The Kier molecular flexibility index (Phi) is 5.14. The Hall–Kier alpha value is -2.99. The van der Waals surface area contributed by atoms with E-state index in [9.17, 15) is 4.79 Å². The zero-order valence-corrected chi connectivity index (χ0v) is 14.9. The molecule has 2 aromatic rings. The minimum atomic E-state index is -1.17. The summed E-state index contributed by atoms with van der Waals surface area (Å²) in [7, 11) is 2.92. The molecular formula is C20H21NO5. The molecule has 136 valence electrons. The second-order valence-electron chi connectivity index (χ2n) is 6.00. The predicted octanol–water partition coefficient (Wildman–Crippen LogP) is 3.08. The van der Waals surface area contributed by atoms with Gasteiger partial charge in [-0.25, -0.2) is 4.79 Å². The molecule has 3 rings (SSSR count). The fraction of sp³-hybridized carbons (Fsp3) is 0.250. The summed E-state index contributed by atoms with van der Waals surface area (Å²) in [5.74, 6) is 0.747. The van der Waals surface area contributed by atoms with Gasteiger partial charge in [0.25, 0.3) is 0 Å². The molecule has 0 aromatic heterocycles. The van der Waals surface area contributed by atoms with Crippen LogP contribution in [0.3, 0.4) is 0 Å². The fourth-order valence-corrected chi connectivity index (χ4v) is 2.63. The lowest BCUT2D eigenvalue weighted by atomic mass is 10.0. The molecule has 1 N–H and O–H groups in total. The van der Waals surface area contributed by atoms with Gasteiger partial charge in [0, 0.05) is 5.56 Å². The summed E-state index contributed by atoms with van der Waals surface area (Å²) in [6, 6.07) is 15.4. The quantitative estimate of drug-likeness (QED) is 0.804. The third-order valence-electron chi connectivity index (χ3n) is 4.10. The zero-order valence-electron chi connectivity index (χ0n) is 14.9. The van der Waals surface area contributed by atoms with Crippen LogP contribution in [0.4, 0.5) is 0 Å². The highest BCUT2D eigenvalue weighted by atomic mass is 16.7. The molecule has 1 heterocycles. The molecule has 0 spiro atoms. The van der Waals surface area contributed by atoms with Gasteiger partial charge in [-0.2, -0.15) is 0 Å². The number of rotatable bonds is 6. The molecule has 1 aliphatic rings. The van der Waals surface area contributed by atoms with E-state index in [2.05, 4.69) is 5.48 Å². The van der Waals surface area contributed by atoms with E-state index in [-0.39, 0.29) is 0 Å². The standard InChI is InChI=1S/C20H21NO5/c1-20(19(22)24-3)12-16(21-26-20)15-9-10-17(23-2)18(11-15)25-13-14-7-5-4-6-8-14/h4-12,21H,13H2,1-3H3. The highest BCUT2D eigenvalue weighted by Crippen LogP contribution is 2.33. The SMILES string of the molecule is COC(=O)C1(C)C=C(c2ccc(OC)c(OCc3ccccc3)c2)NO1. The van der Waals surface area contributed by atoms with E-state index in [4.69, 9.17) is 19.0 Å². The molecular weight excluding hydrogens is 334 g/mol. The monoisotopic (exact) mass is 355 g/mol. The van der Waals surface area contributed by atoms with Crippen molar-refractivity contribution in [3.8, 4) is 11.5 Å². The number of methoxy groups -OCH3 is 2. The van der Waals surface area contributed by atoms with Crippen molar-refractivity contribution >= 4 is 11.7 Å². The van der Waals surface area contributed by atoms with Gasteiger partial charge in [0.2, 0.25) is 5.60 Å². The third-order valence-corrected chi connectivity index (χ3v) is 4.10. The minimum Gasteiger partial charge on any atom is -0.493 e. The molecule has 6 nitrogen and oxygen atoms in total. The second-order valence-corrected chi connectivity index (χ2v) is 6.00. The number of hydrogen-bond acceptors (Lipinski definition) is 6. The summed E-state index contributed by atoms with van der Waals surface area (Å²) in [4.78, 5) is 17.3. The molecule has 0 amide bonds. The maximum Gasteiger partial charge on any atom is 0.344 e. The van der Waals surface area contributed by atoms with E-state index in [1.165, 1.54) is 7.11 Å². The van der Waals surface area contributed by atoms with Gasteiger partial charge in [0.15, 0.2) is 11.5 Å². The molecule has 0 aliphatic carbocycles. The van der Waals surface area contributed by atoms with Crippen LogP contribution in [0.25, 0.3) is 5.70 Å². The lowest BCUT2D eigenvalue weighted by Gasteiger charge is -2.16. The number of carbonyl (C=O) groups excluding carboxylic acids is 1. The van der Waals surface area contributed by atoms with Crippen molar-refractivity contribution in [2.75, 3.05) is 14.2 Å². The molecule has 1 unspecified atom stereocenters. The van der Waals surface area contributed by atoms with Crippen molar-refractivity contribution in [2.24, 2.45) is 0 Å². The van der Waals surface area contributed by atoms with Crippen LogP contribution in [0, 0.1) is 0 Å². The smallest absolute Gasteiger partial charge is 0.344 e. The zero-order chi connectivity index (χ0) is 18.6. The van der Waals surface area contributed by atoms with E-state index in [1.54, 1.807) is 20.1 Å². The van der Waals surface area contributed by atoms with Crippen molar-refractivity contribution in [2.45, 2.75) is 19.1 Å².